The normalized spacial score (nSPS) is 17.5. The van der Waals surface area contributed by atoms with Crippen molar-refractivity contribution in [3.05, 3.63) is 47.0 Å². The van der Waals surface area contributed by atoms with E-state index in [9.17, 15) is 18.0 Å². The van der Waals surface area contributed by atoms with Crippen molar-refractivity contribution in [2.45, 2.75) is 58.7 Å². The van der Waals surface area contributed by atoms with Gasteiger partial charge in [-0.05, 0) is 49.6 Å². The van der Waals surface area contributed by atoms with E-state index >= 15 is 0 Å². The molecule has 7 nitrogen and oxygen atoms in total. The van der Waals surface area contributed by atoms with E-state index in [0.29, 0.717) is 49.9 Å². The molecule has 1 atom stereocenters. The highest BCUT2D eigenvalue weighted by Gasteiger charge is 2.36. The fourth-order valence-corrected chi connectivity index (χ4v) is 4.02. The number of pyridine rings is 1. The van der Waals surface area contributed by atoms with Gasteiger partial charge in [-0.1, -0.05) is 27.2 Å². The van der Waals surface area contributed by atoms with E-state index in [1.54, 1.807) is 0 Å². The van der Waals surface area contributed by atoms with Gasteiger partial charge in [-0.25, -0.2) is 14.8 Å². The Morgan fingerprint density at radius 3 is 2.77 bits per heavy atom. The zero-order valence-corrected chi connectivity index (χ0v) is 20.1. The number of aromatic nitrogens is 1. The molecule has 0 radical (unpaired) electrons. The molecule has 1 aromatic rings. The van der Waals surface area contributed by atoms with Crippen molar-refractivity contribution in [3.63, 3.8) is 0 Å². The first-order valence-corrected chi connectivity index (χ1v) is 11.7. The summed E-state index contributed by atoms with van der Waals surface area (Å²) < 4.78 is 47.4. The maximum absolute atomic E-state index is 14.0. The van der Waals surface area contributed by atoms with Gasteiger partial charge in [-0.15, -0.1) is 5.73 Å². The number of unbranched alkanes of at least 4 members (excludes halogenated alkanes) is 1. The third-order valence-electron chi connectivity index (χ3n) is 5.48. The first-order chi connectivity index (χ1) is 16.6. The summed E-state index contributed by atoms with van der Waals surface area (Å²) in [5.74, 6) is 0.614. The Hall–Kier alpha value is -3.39. The van der Waals surface area contributed by atoms with Crippen LogP contribution in [0.1, 0.15) is 57.7 Å². The van der Waals surface area contributed by atoms with Gasteiger partial charge in [0.1, 0.15) is 17.8 Å². The molecule has 0 saturated carbocycles. The monoisotopic (exact) mass is 489 g/mol. The van der Waals surface area contributed by atoms with E-state index in [1.807, 2.05) is 25.7 Å². The third-order valence-corrected chi connectivity index (χ3v) is 5.48. The van der Waals surface area contributed by atoms with E-state index in [-0.39, 0.29) is 23.3 Å². The van der Waals surface area contributed by atoms with E-state index in [2.05, 4.69) is 21.0 Å². The number of nitrogens with one attached hydrogen (secondary N) is 2. The molecule has 2 aliphatic heterocycles. The summed E-state index contributed by atoms with van der Waals surface area (Å²) in [6.45, 7) is 6.88. The molecule has 1 saturated heterocycles. The van der Waals surface area contributed by atoms with Gasteiger partial charge in [0.05, 0.1) is 17.5 Å². The summed E-state index contributed by atoms with van der Waals surface area (Å²) >= 11 is 0. The minimum absolute atomic E-state index is 0.0991. The van der Waals surface area contributed by atoms with Crippen molar-refractivity contribution in [3.8, 4) is 0 Å². The molecule has 1 amide bonds. The van der Waals surface area contributed by atoms with Crippen molar-refractivity contribution in [2.24, 2.45) is 10.9 Å². The van der Waals surface area contributed by atoms with Crippen LogP contribution in [0.2, 0.25) is 0 Å². The quantitative estimate of drug-likeness (QED) is 0.249. The van der Waals surface area contributed by atoms with Gasteiger partial charge in [-0.2, -0.15) is 13.2 Å². The molecule has 3 heterocycles. The number of fused-ring (bicyclic) bond motifs is 1. The van der Waals surface area contributed by atoms with Gasteiger partial charge in [0.15, 0.2) is 0 Å². The highest BCUT2D eigenvalue weighted by Crippen LogP contribution is 2.36. The van der Waals surface area contributed by atoms with Crippen molar-refractivity contribution in [1.29, 1.82) is 5.41 Å². The highest BCUT2D eigenvalue weighted by molar-refractivity contribution is 6.14. The van der Waals surface area contributed by atoms with E-state index in [0.717, 1.165) is 12.1 Å². The molecule has 2 aliphatic rings. The summed E-state index contributed by atoms with van der Waals surface area (Å²) in [5.41, 5.74) is 2.97. The van der Waals surface area contributed by atoms with Crippen molar-refractivity contribution in [1.82, 2.24) is 10.3 Å². The molecule has 0 aromatic carbocycles. The average Bonchev–Trinajstić information content (AvgIpc) is 3.00. The van der Waals surface area contributed by atoms with Crippen LogP contribution in [0.4, 0.5) is 23.8 Å². The predicted octanol–water partition coefficient (Wildman–Crippen LogP) is 5.74. The lowest BCUT2D eigenvalue weighted by Crippen LogP contribution is -2.44. The third kappa shape index (κ3) is 6.60. The van der Waals surface area contributed by atoms with Crippen LogP contribution in [-0.2, 0) is 10.9 Å². The molecular formula is C25H30F3N5O2. The van der Waals surface area contributed by atoms with Gasteiger partial charge in [0.25, 0.3) is 0 Å². The Balaban J connectivity index is 2.21. The lowest BCUT2D eigenvalue weighted by molar-refractivity contribution is -0.137. The minimum Gasteiger partial charge on any atom is -0.441 e. The topological polar surface area (TPSA) is 90.7 Å². The second-order valence-corrected chi connectivity index (χ2v) is 8.84. The molecule has 10 heteroatoms. The van der Waals surface area contributed by atoms with Crippen LogP contribution in [-0.4, -0.2) is 42.3 Å². The number of aliphatic imine (C=N–C) groups is 1. The molecule has 1 fully saturated rings. The Bertz CT molecular complexity index is 1090. The number of nitrogens with zero attached hydrogens (tertiary/aromatic N) is 3. The van der Waals surface area contributed by atoms with Crippen molar-refractivity contribution >= 4 is 29.5 Å². The van der Waals surface area contributed by atoms with Crippen LogP contribution in [0.5, 0.6) is 0 Å². The van der Waals surface area contributed by atoms with Gasteiger partial charge in [0, 0.05) is 24.2 Å². The fourth-order valence-electron chi connectivity index (χ4n) is 4.02. The molecule has 0 aliphatic carbocycles. The molecule has 3 rings (SSSR count). The number of carbonyl (C=O) groups excluding carboxylic acids is 1. The van der Waals surface area contributed by atoms with Crippen LogP contribution >= 0.6 is 0 Å². The van der Waals surface area contributed by atoms with Crippen LogP contribution in [0, 0.1) is 11.3 Å². The summed E-state index contributed by atoms with van der Waals surface area (Å²) in [7, 11) is 0. The number of allylic oxidation sites excluding steroid dienone is 2. The minimum atomic E-state index is -4.59. The zero-order valence-electron chi connectivity index (χ0n) is 20.1. The van der Waals surface area contributed by atoms with Gasteiger partial charge in [-0.3, -0.25) is 5.32 Å². The second kappa shape index (κ2) is 11.4. The Kier molecular flexibility index (Phi) is 8.51. The number of cyclic esters (lactones) is 1. The molecular weight excluding hydrogens is 459 g/mol. The summed E-state index contributed by atoms with van der Waals surface area (Å²) in [6.07, 6.45) is 0.575. The van der Waals surface area contributed by atoms with E-state index < -0.39 is 23.9 Å². The maximum atomic E-state index is 14.0. The van der Waals surface area contributed by atoms with Crippen LogP contribution in [0.25, 0.3) is 5.57 Å². The fraction of sp³-hybridized carbons (Fsp3) is 0.480. The van der Waals surface area contributed by atoms with Gasteiger partial charge < -0.3 is 15.0 Å². The van der Waals surface area contributed by atoms with Crippen molar-refractivity contribution in [2.75, 3.05) is 18.0 Å². The maximum Gasteiger partial charge on any atom is 0.416 e. The predicted molar refractivity (Wildman–Crippen MR) is 130 cm³/mol. The number of amides is 1. The number of halogens is 3. The van der Waals surface area contributed by atoms with Gasteiger partial charge in [0.2, 0.25) is 0 Å². The number of carbonyl (C=O) groups is 1. The largest absolute Gasteiger partial charge is 0.441 e. The summed E-state index contributed by atoms with van der Waals surface area (Å²) in [6, 6.07) is 2.08. The lowest BCUT2D eigenvalue weighted by Gasteiger charge is -2.29. The molecule has 188 valence electrons. The first kappa shape index (κ1) is 26.2. The number of anilines is 1. The van der Waals surface area contributed by atoms with Crippen LogP contribution < -0.4 is 10.2 Å². The first-order valence-electron chi connectivity index (χ1n) is 11.7. The lowest BCUT2D eigenvalue weighted by atomic mass is 9.94. The van der Waals surface area contributed by atoms with E-state index in [4.69, 9.17) is 10.1 Å². The molecule has 2 N–H and O–H groups in total. The standard InChI is InChI=1S/C25H30F3N5O2/c1-4-8-20-22-18(9-7-11-30-23(22)32-24(34)35-20)19-13-17(25(26,27)28)14-21(31-19)33(15-16(2)3)12-6-5-10-29/h9-11,13-14,16,20,29H,4-6,8,12,15H2,1-3H3,(H,30,32,34)/t20-/m1/s1. The Labute approximate surface area is 203 Å². The number of ether oxygens (including phenoxy) is 1. The number of amidine groups is 1. The van der Waals surface area contributed by atoms with Crippen LogP contribution in [0.3, 0.4) is 0 Å². The SMILES string of the molecule is CCC[C@H]1OC(=O)NC2=NC=C=CC(c3cc(C(F)(F)F)cc(N(CCCC=N)CC(C)C)n3)=C21. The van der Waals surface area contributed by atoms with E-state index in [1.165, 1.54) is 18.5 Å². The summed E-state index contributed by atoms with van der Waals surface area (Å²) in [5, 5.41) is 9.82. The average molecular weight is 490 g/mol. The number of rotatable bonds is 10. The highest BCUT2D eigenvalue weighted by atomic mass is 19.4. The smallest absolute Gasteiger partial charge is 0.416 e. The molecule has 35 heavy (non-hydrogen) atoms. The Morgan fingerprint density at radius 2 is 2.11 bits per heavy atom. The number of alkyl halides is 3. The van der Waals surface area contributed by atoms with Crippen LogP contribution in [0.15, 0.2) is 40.7 Å². The Morgan fingerprint density at radius 1 is 1.34 bits per heavy atom. The molecule has 0 spiro atoms. The zero-order chi connectivity index (χ0) is 25.6. The van der Waals surface area contributed by atoms with Gasteiger partial charge >= 0.3 is 12.3 Å². The number of hydrogen-bond acceptors (Lipinski definition) is 6. The second-order valence-electron chi connectivity index (χ2n) is 8.84. The number of hydrogen-bond donors (Lipinski definition) is 2. The molecule has 0 bridgehead atoms. The summed E-state index contributed by atoms with van der Waals surface area (Å²) in [4.78, 5) is 22.7. The molecule has 0 unspecified atom stereocenters. The number of alkyl carbamates (subject to hydrolysis) is 1. The van der Waals surface area contributed by atoms with Crippen molar-refractivity contribution < 1.29 is 22.7 Å². The molecule has 1 aromatic heterocycles.